The Bertz CT molecular complexity index is 437. The lowest BCUT2D eigenvalue weighted by atomic mass is 10.2. The first-order chi connectivity index (χ1) is 10.2. The SMILES string of the molecule is CCC1COCCN1c1nc(COC)c(CNC(C)C)s1. The van der Waals surface area contributed by atoms with Crippen LogP contribution < -0.4 is 10.2 Å². The van der Waals surface area contributed by atoms with E-state index in [1.165, 1.54) is 4.88 Å². The average Bonchev–Trinajstić information content (AvgIpc) is 2.88. The van der Waals surface area contributed by atoms with Crippen molar-refractivity contribution in [2.45, 2.75) is 52.4 Å². The summed E-state index contributed by atoms with van der Waals surface area (Å²) in [6, 6.07) is 0.906. The van der Waals surface area contributed by atoms with Crippen molar-refractivity contribution in [3.8, 4) is 0 Å². The minimum Gasteiger partial charge on any atom is -0.378 e. The van der Waals surface area contributed by atoms with Crippen molar-refractivity contribution in [1.29, 1.82) is 0 Å². The number of hydrogen-bond acceptors (Lipinski definition) is 6. The van der Waals surface area contributed by atoms with Gasteiger partial charge in [0.25, 0.3) is 0 Å². The summed E-state index contributed by atoms with van der Waals surface area (Å²) in [7, 11) is 1.72. The van der Waals surface area contributed by atoms with Crippen molar-refractivity contribution in [1.82, 2.24) is 10.3 Å². The van der Waals surface area contributed by atoms with Crippen molar-refractivity contribution in [2.24, 2.45) is 0 Å². The molecule has 1 unspecified atom stereocenters. The number of aromatic nitrogens is 1. The van der Waals surface area contributed by atoms with Crippen LogP contribution in [0.4, 0.5) is 5.13 Å². The van der Waals surface area contributed by atoms with Crippen molar-refractivity contribution in [2.75, 3.05) is 31.8 Å². The first kappa shape index (κ1) is 16.7. The van der Waals surface area contributed by atoms with Crippen LogP contribution in [0.3, 0.4) is 0 Å². The van der Waals surface area contributed by atoms with Gasteiger partial charge in [0.2, 0.25) is 0 Å². The van der Waals surface area contributed by atoms with Crippen LogP contribution in [0.25, 0.3) is 0 Å². The van der Waals surface area contributed by atoms with E-state index >= 15 is 0 Å². The molecule has 6 heteroatoms. The van der Waals surface area contributed by atoms with Crippen LogP contribution in [0.1, 0.15) is 37.8 Å². The molecule has 0 bridgehead atoms. The van der Waals surface area contributed by atoms with Gasteiger partial charge >= 0.3 is 0 Å². The van der Waals surface area contributed by atoms with Crippen LogP contribution in [0, 0.1) is 0 Å². The molecule has 1 saturated heterocycles. The molecule has 0 amide bonds. The topological polar surface area (TPSA) is 46.6 Å². The summed E-state index contributed by atoms with van der Waals surface area (Å²) in [4.78, 5) is 8.50. The first-order valence-electron chi connectivity index (χ1n) is 7.71. The van der Waals surface area contributed by atoms with Crippen molar-refractivity contribution >= 4 is 16.5 Å². The molecule has 120 valence electrons. The summed E-state index contributed by atoms with van der Waals surface area (Å²) in [6.45, 7) is 10.5. The molecule has 1 aliphatic heterocycles. The Balaban J connectivity index is 2.16. The highest BCUT2D eigenvalue weighted by molar-refractivity contribution is 7.15. The van der Waals surface area contributed by atoms with Gasteiger partial charge in [0.1, 0.15) is 0 Å². The fraction of sp³-hybridized carbons (Fsp3) is 0.800. The molecule has 1 fully saturated rings. The summed E-state index contributed by atoms with van der Waals surface area (Å²) in [5, 5.41) is 4.58. The standard InChI is InChI=1S/C15H27N3O2S/c1-5-12-9-20-7-6-18(12)15-17-13(10-19-4)14(21-15)8-16-11(2)3/h11-12,16H,5-10H2,1-4H3. The predicted octanol–water partition coefficient (Wildman–Crippen LogP) is 2.40. The average molecular weight is 313 g/mol. The smallest absolute Gasteiger partial charge is 0.186 e. The maximum absolute atomic E-state index is 5.59. The van der Waals surface area contributed by atoms with Crippen LogP contribution in [-0.2, 0) is 22.6 Å². The number of hydrogen-bond donors (Lipinski definition) is 1. The number of nitrogens with zero attached hydrogens (tertiary/aromatic N) is 2. The molecule has 1 aliphatic rings. The Morgan fingerprint density at radius 2 is 2.33 bits per heavy atom. The molecule has 0 aliphatic carbocycles. The van der Waals surface area contributed by atoms with E-state index in [4.69, 9.17) is 14.5 Å². The van der Waals surface area contributed by atoms with Gasteiger partial charge in [-0.1, -0.05) is 20.8 Å². The van der Waals surface area contributed by atoms with Crippen LogP contribution in [0.15, 0.2) is 0 Å². The molecular weight excluding hydrogens is 286 g/mol. The van der Waals surface area contributed by atoms with Gasteiger partial charge in [-0.3, -0.25) is 0 Å². The van der Waals surface area contributed by atoms with E-state index in [0.717, 1.165) is 43.5 Å². The lowest BCUT2D eigenvalue weighted by Crippen LogP contribution is -2.45. The first-order valence-corrected chi connectivity index (χ1v) is 8.52. The van der Waals surface area contributed by atoms with Gasteiger partial charge in [0.15, 0.2) is 5.13 Å². The normalized spacial score (nSPS) is 19.5. The van der Waals surface area contributed by atoms with Gasteiger partial charge < -0.3 is 19.7 Å². The van der Waals surface area contributed by atoms with Gasteiger partial charge in [-0.15, -0.1) is 11.3 Å². The summed E-state index contributed by atoms with van der Waals surface area (Å²) in [5.74, 6) is 0. The summed E-state index contributed by atoms with van der Waals surface area (Å²) < 4.78 is 10.9. The van der Waals surface area contributed by atoms with Gasteiger partial charge in [0.05, 0.1) is 31.6 Å². The highest BCUT2D eigenvalue weighted by Crippen LogP contribution is 2.30. The van der Waals surface area contributed by atoms with E-state index in [2.05, 4.69) is 31.0 Å². The van der Waals surface area contributed by atoms with Crippen molar-refractivity contribution < 1.29 is 9.47 Å². The van der Waals surface area contributed by atoms with Crippen LogP contribution in [0.5, 0.6) is 0 Å². The van der Waals surface area contributed by atoms with E-state index in [1.807, 2.05) is 0 Å². The summed E-state index contributed by atoms with van der Waals surface area (Å²) >= 11 is 1.78. The monoisotopic (exact) mass is 313 g/mol. The number of methoxy groups -OCH3 is 1. The lowest BCUT2D eigenvalue weighted by Gasteiger charge is -2.34. The van der Waals surface area contributed by atoms with E-state index in [1.54, 1.807) is 18.4 Å². The molecule has 0 radical (unpaired) electrons. The molecule has 2 heterocycles. The van der Waals surface area contributed by atoms with Crippen molar-refractivity contribution in [3.63, 3.8) is 0 Å². The predicted molar refractivity (Wildman–Crippen MR) is 87.0 cm³/mol. The molecule has 1 N–H and O–H groups in total. The van der Waals surface area contributed by atoms with Crippen LogP contribution in [-0.4, -0.2) is 43.9 Å². The Hall–Kier alpha value is -0.690. The second kappa shape index (κ2) is 8.08. The molecule has 0 saturated carbocycles. The van der Waals surface area contributed by atoms with Crippen molar-refractivity contribution in [3.05, 3.63) is 10.6 Å². The van der Waals surface area contributed by atoms with Crippen LogP contribution >= 0.6 is 11.3 Å². The Kier molecular flexibility index (Phi) is 6.41. The third-order valence-corrected chi connectivity index (χ3v) is 4.80. The number of nitrogens with one attached hydrogen (secondary N) is 1. The molecule has 0 spiro atoms. The molecule has 0 aromatic carbocycles. The molecule has 1 aromatic heterocycles. The Morgan fingerprint density at radius 1 is 1.52 bits per heavy atom. The fourth-order valence-electron chi connectivity index (χ4n) is 2.42. The molecule has 21 heavy (non-hydrogen) atoms. The second-order valence-electron chi connectivity index (χ2n) is 5.67. The number of morpholine rings is 1. The number of rotatable bonds is 7. The van der Waals surface area contributed by atoms with E-state index in [0.29, 0.717) is 18.7 Å². The van der Waals surface area contributed by atoms with Crippen LogP contribution in [0.2, 0.25) is 0 Å². The second-order valence-corrected chi connectivity index (χ2v) is 6.73. The molecule has 5 nitrogen and oxygen atoms in total. The number of ether oxygens (including phenoxy) is 2. The molecular formula is C15H27N3O2S. The van der Waals surface area contributed by atoms with Gasteiger partial charge in [-0.05, 0) is 6.42 Å². The Morgan fingerprint density at radius 3 is 3.00 bits per heavy atom. The van der Waals surface area contributed by atoms with Gasteiger partial charge in [-0.2, -0.15) is 0 Å². The number of anilines is 1. The molecule has 1 aromatic rings. The third-order valence-electron chi connectivity index (χ3n) is 3.66. The van der Waals surface area contributed by atoms with E-state index in [-0.39, 0.29) is 0 Å². The van der Waals surface area contributed by atoms with E-state index in [9.17, 15) is 0 Å². The summed E-state index contributed by atoms with van der Waals surface area (Å²) in [6.07, 6.45) is 1.08. The quantitative estimate of drug-likeness (QED) is 0.837. The zero-order valence-corrected chi connectivity index (χ0v) is 14.3. The highest BCUT2D eigenvalue weighted by Gasteiger charge is 2.25. The zero-order valence-electron chi connectivity index (χ0n) is 13.5. The Labute approximate surface area is 131 Å². The lowest BCUT2D eigenvalue weighted by molar-refractivity contribution is 0.0929. The molecule has 2 rings (SSSR count). The van der Waals surface area contributed by atoms with Gasteiger partial charge in [0, 0.05) is 31.1 Å². The fourth-order valence-corrected chi connectivity index (χ4v) is 3.53. The molecule has 1 atom stereocenters. The van der Waals surface area contributed by atoms with Gasteiger partial charge in [-0.25, -0.2) is 4.98 Å². The number of thiazole rings is 1. The third kappa shape index (κ3) is 4.39. The summed E-state index contributed by atoms with van der Waals surface area (Å²) in [5.41, 5.74) is 1.06. The zero-order chi connectivity index (χ0) is 15.2. The maximum atomic E-state index is 5.59. The minimum absolute atomic E-state index is 0.436. The largest absolute Gasteiger partial charge is 0.378 e. The maximum Gasteiger partial charge on any atom is 0.186 e. The van der Waals surface area contributed by atoms with E-state index < -0.39 is 0 Å². The highest BCUT2D eigenvalue weighted by atomic mass is 32.1. The minimum atomic E-state index is 0.436.